The standard InChI is InChI=1S/C26H24N6O/c1-17(18-13-15-20(16-14-18)19-9-5-4-6-10-19)31(2)26-30-28-24(32(26)3)23-21-11-7-8-12-22(21)25(33)29-27-23/h4-17H,1-3H3,(H,29,33). The van der Waals surface area contributed by atoms with Gasteiger partial charge in [0.25, 0.3) is 5.56 Å². The molecule has 2 heterocycles. The molecule has 5 rings (SSSR count). The predicted octanol–water partition coefficient (Wildman–Crippen LogP) is 4.58. The molecule has 0 aliphatic rings. The first-order chi connectivity index (χ1) is 16.0. The van der Waals surface area contributed by atoms with Crippen molar-refractivity contribution in [1.29, 1.82) is 0 Å². The first-order valence-corrected chi connectivity index (χ1v) is 10.8. The van der Waals surface area contributed by atoms with Crippen LogP contribution < -0.4 is 10.5 Å². The molecular formula is C26H24N6O. The number of hydrogen-bond donors (Lipinski definition) is 1. The maximum absolute atomic E-state index is 12.2. The maximum Gasteiger partial charge on any atom is 0.272 e. The van der Waals surface area contributed by atoms with Crippen LogP contribution in [0.2, 0.25) is 0 Å². The van der Waals surface area contributed by atoms with Gasteiger partial charge in [-0.25, -0.2) is 5.10 Å². The molecule has 33 heavy (non-hydrogen) atoms. The highest BCUT2D eigenvalue weighted by Gasteiger charge is 2.21. The van der Waals surface area contributed by atoms with Crippen LogP contribution in [0.3, 0.4) is 0 Å². The summed E-state index contributed by atoms with van der Waals surface area (Å²) in [6.45, 7) is 2.14. The summed E-state index contributed by atoms with van der Waals surface area (Å²) in [5.41, 5.74) is 3.94. The van der Waals surface area contributed by atoms with Crippen LogP contribution in [0.4, 0.5) is 5.95 Å². The zero-order valence-electron chi connectivity index (χ0n) is 18.7. The van der Waals surface area contributed by atoms with Gasteiger partial charge in [0.1, 0.15) is 5.69 Å². The number of H-pyrrole nitrogens is 1. The lowest BCUT2D eigenvalue weighted by atomic mass is 10.0. The van der Waals surface area contributed by atoms with Gasteiger partial charge in [0.05, 0.1) is 11.4 Å². The van der Waals surface area contributed by atoms with E-state index in [0.717, 1.165) is 5.39 Å². The number of rotatable bonds is 5. The van der Waals surface area contributed by atoms with Gasteiger partial charge in [-0.2, -0.15) is 5.10 Å². The Hall–Kier alpha value is -4.26. The van der Waals surface area contributed by atoms with Crippen molar-refractivity contribution in [3.63, 3.8) is 0 Å². The fourth-order valence-electron chi connectivity index (χ4n) is 4.10. The molecule has 7 nitrogen and oxygen atoms in total. The van der Waals surface area contributed by atoms with Crippen molar-refractivity contribution in [2.45, 2.75) is 13.0 Å². The third kappa shape index (κ3) is 3.67. The Balaban J connectivity index is 1.45. The van der Waals surface area contributed by atoms with Crippen LogP contribution in [0.25, 0.3) is 33.4 Å². The van der Waals surface area contributed by atoms with E-state index >= 15 is 0 Å². The van der Waals surface area contributed by atoms with E-state index in [9.17, 15) is 4.79 Å². The van der Waals surface area contributed by atoms with Crippen LogP contribution >= 0.6 is 0 Å². The van der Waals surface area contributed by atoms with Crippen LogP contribution in [-0.4, -0.2) is 32.0 Å². The van der Waals surface area contributed by atoms with Crippen LogP contribution in [0, 0.1) is 0 Å². The highest BCUT2D eigenvalue weighted by molar-refractivity contribution is 5.92. The van der Waals surface area contributed by atoms with Gasteiger partial charge in [-0.3, -0.25) is 9.36 Å². The van der Waals surface area contributed by atoms with E-state index in [1.54, 1.807) is 6.07 Å². The van der Waals surface area contributed by atoms with Crippen molar-refractivity contribution in [1.82, 2.24) is 25.0 Å². The van der Waals surface area contributed by atoms with Crippen molar-refractivity contribution >= 4 is 16.7 Å². The molecule has 0 spiro atoms. The van der Waals surface area contributed by atoms with Crippen LogP contribution in [0.15, 0.2) is 83.7 Å². The molecule has 0 bridgehead atoms. The third-order valence-corrected chi connectivity index (χ3v) is 6.16. The molecule has 164 valence electrons. The van der Waals surface area contributed by atoms with Crippen molar-refractivity contribution in [3.05, 3.63) is 94.8 Å². The molecule has 7 heteroatoms. The third-order valence-electron chi connectivity index (χ3n) is 6.16. The van der Waals surface area contributed by atoms with E-state index in [-0.39, 0.29) is 11.6 Å². The average molecular weight is 437 g/mol. The lowest BCUT2D eigenvalue weighted by Gasteiger charge is -2.26. The van der Waals surface area contributed by atoms with Gasteiger partial charge in [0, 0.05) is 19.5 Å². The topological polar surface area (TPSA) is 79.7 Å². The molecule has 3 aromatic carbocycles. The second kappa shape index (κ2) is 8.35. The van der Waals surface area contributed by atoms with Gasteiger partial charge >= 0.3 is 0 Å². The summed E-state index contributed by atoms with van der Waals surface area (Å²) in [5.74, 6) is 1.30. The number of hydrogen-bond acceptors (Lipinski definition) is 5. The molecule has 1 unspecified atom stereocenters. The number of aromatic amines is 1. The smallest absolute Gasteiger partial charge is 0.272 e. The summed E-state index contributed by atoms with van der Waals surface area (Å²) in [6.07, 6.45) is 0. The van der Waals surface area contributed by atoms with Crippen molar-refractivity contribution in [2.75, 3.05) is 11.9 Å². The second-order valence-electron chi connectivity index (χ2n) is 8.10. The molecule has 0 fully saturated rings. The molecule has 2 aromatic heterocycles. The molecule has 1 N–H and O–H groups in total. The number of fused-ring (bicyclic) bond motifs is 1. The minimum atomic E-state index is -0.221. The molecular weight excluding hydrogens is 412 g/mol. The molecule has 0 aliphatic carbocycles. The summed E-state index contributed by atoms with van der Waals surface area (Å²) in [4.78, 5) is 14.2. The minimum Gasteiger partial charge on any atom is -0.337 e. The molecule has 0 amide bonds. The molecule has 0 saturated carbocycles. The van der Waals surface area contributed by atoms with Gasteiger partial charge < -0.3 is 4.90 Å². The van der Waals surface area contributed by atoms with Gasteiger partial charge in [-0.15, -0.1) is 10.2 Å². The Morgan fingerprint density at radius 1 is 0.848 bits per heavy atom. The summed E-state index contributed by atoms with van der Waals surface area (Å²) >= 11 is 0. The van der Waals surface area contributed by atoms with Crippen LogP contribution in [0.5, 0.6) is 0 Å². The van der Waals surface area contributed by atoms with Crippen molar-refractivity contribution in [2.24, 2.45) is 7.05 Å². The molecule has 0 radical (unpaired) electrons. The van der Waals surface area contributed by atoms with Gasteiger partial charge in [0.15, 0.2) is 5.82 Å². The predicted molar refractivity (Wildman–Crippen MR) is 131 cm³/mol. The van der Waals surface area contributed by atoms with E-state index in [1.165, 1.54) is 16.7 Å². The Morgan fingerprint density at radius 3 is 2.21 bits per heavy atom. The summed E-state index contributed by atoms with van der Waals surface area (Å²) in [7, 11) is 3.91. The van der Waals surface area contributed by atoms with Gasteiger partial charge in [-0.1, -0.05) is 72.8 Å². The van der Waals surface area contributed by atoms with Gasteiger partial charge in [-0.05, 0) is 29.7 Å². The zero-order chi connectivity index (χ0) is 22.9. The molecule has 5 aromatic rings. The SMILES string of the molecule is CC(c1ccc(-c2ccccc2)cc1)N(C)c1nnc(-c2n[nH]c(=O)c3ccccc23)n1C. The van der Waals surface area contributed by atoms with E-state index < -0.39 is 0 Å². The lowest BCUT2D eigenvalue weighted by Crippen LogP contribution is -2.24. The Bertz CT molecular complexity index is 1470. The number of nitrogens with one attached hydrogen (secondary N) is 1. The highest BCUT2D eigenvalue weighted by Crippen LogP contribution is 2.29. The number of nitrogens with zero attached hydrogens (tertiary/aromatic N) is 5. The quantitative estimate of drug-likeness (QED) is 0.436. The Kier molecular flexibility index (Phi) is 5.22. The van der Waals surface area contributed by atoms with E-state index in [4.69, 9.17) is 0 Å². The van der Waals surface area contributed by atoms with Crippen LogP contribution in [0.1, 0.15) is 18.5 Å². The average Bonchev–Trinajstić information content (AvgIpc) is 3.25. The van der Waals surface area contributed by atoms with Crippen LogP contribution in [-0.2, 0) is 7.05 Å². The molecule has 0 saturated heterocycles. The monoisotopic (exact) mass is 436 g/mol. The first kappa shape index (κ1) is 20.6. The van der Waals surface area contributed by atoms with E-state index in [0.29, 0.717) is 22.9 Å². The Morgan fingerprint density at radius 2 is 1.48 bits per heavy atom. The minimum absolute atomic E-state index is 0.0749. The largest absolute Gasteiger partial charge is 0.337 e. The maximum atomic E-state index is 12.2. The fraction of sp³-hybridized carbons (Fsp3) is 0.154. The first-order valence-electron chi connectivity index (χ1n) is 10.8. The number of benzene rings is 3. The summed E-state index contributed by atoms with van der Waals surface area (Å²) < 4.78 is 1.90. The van der Waals surface area contributed by atoms with E-state index in [1.807, 2.05) is 55.1 Å². The van der Waals surface area contributed by atoms with E-state index in [2.05, 4.69) is 68.6 Å². The van der Waals surface area contributed by atoms with Crippen molar-refractivity contribution in [3.8, 4) is 22.6 Å². The molecule has 0 aliphatic heterocycles. The molecule has 1 atom stereocenters. The van der Waals surface area contributed by atoms with Gasteiger partial charge in [0.2, 0.25) is 5.95 Å². The van der Waals surface area contributed by atoms with Crippen molar-refractivity contribution < 1.29 is 0 Å². The fourth-order valence-corrected chi connectivity index (χ4v) is 4.10. The Labute approximate surface area is 191 Å². The number of anilines is 1. The number of aromatic nitrogens is 5. The normalized spacial score (nSPS) is 12.1. The highest BCUT2D eigenvalue weighted by atomic mass is 16.1. The summed E-state index contributed by atoms with van der Waals surface area (Å²) in [6, 6.07) is 26.4. The second-order valence-corrected chi connectivity index (χ2v) is 8.10. The lowest BCUT2D eigenvalue weighted by molar-refractivity contribution is 0.694. The summed E-state index contributed by atoms with van der Waals surface area (Å²) in [5, 5.41) is 17.0. The zero-order valence-corrected chi connectivity index (χ0v) is 18.7.